The molecule has 0 saturated carbocycles. The van der Waals surface area contributed by atoms with Crippen molar-refractivity contribution in [3.63, 3.8) is 0 Å². The molecule has 3 rings (SSSR count). The molecule has 1 amide bonds. The molecular weight excluding hydrogens is 314 g/mol. The van der Waals surface area contributed by atoms with Gasteiger partial charge in [0, 0.05) is 37.6 Å². The van der Waals surface area contributed by atoms with Gasteiger partial charge in [0.2, 0.25) is 5.91 Å². The van der Waals surface area contributed by atoms with Crippen LogP contribution in [0.25, 0.3) is 4.96 Å². The zero-order chi connectivity index (χ0) is 15.0. The molecule has 1 aliphatic heterocycles. The molecule has 0 aromatic carbocycles. The SMILES string of the molecule is CNc1nc2sccn2c1S(=O)(=O)NC1CCC(=O)NC1. The number of sulfonamides is 1. The van der Waals surface area contributed by atoms with Crippen LogP contribution in [0.4, 0.5) is 5.82 Å². The Morgan fingerprint density at radius 3 is 3.00 bits per heavy atom. The van der Waals surface area contributed by atoms with Crippen molar-refractivity contribution in [2.75, 3.05) is 18.9 Å². The third-order valence-corrected chi connectivity index (χ3v) is 5.60. The molecule has 114 valence electrons. The van der Waals surface area contributed by atoms with E-state index in [9.17, 15) is 13.2 Å². The molecule has 0 aliphatic carbocycles. The average molecular weight is 329 g/mol. The molecule has 1 fully saturated rings. The van der Waals surface area contributed by atoms with E-state index < -0.39 is 10.0 Å². The molecule has 10 heteroatoms. The van der Waals surface area contributed by atoms with Gasteiger partial charge in [-0.25, -0.2) is 18.1 Å². The first-order valence-electron chi connectivity index (χ1n) is 6.43. The molecule has 0 spiro atoms. The standard InChI is InChI=1S/C11H15N5O3S2/c1-12-9-10(16-4-5-20-11(16)14-9)21(18,19)15-7-2-3-8(17)13-6-7/h4-5,7,12,15H,2-3,6H2,1H3,(H,13,17). The first-order valence-corrected chi connectivity index (χ1v) is 8.80. The van der Waals surface area contributed by atoms with Crippen LogP contribution in [0.3, 0.4) is 0 Å². The number of nitrogens with one attached hydrogen (secondary N) is 3. The summed E-state index contributed by atoms with van der Waals surface area (Å²) in [5, 5.41) is 7.34. The quantitative estimate of drug-likeness (QED) is 0.732. The van der Waals surface area contributed by atoms with Gasteiger partial charge in [0.25, 0.3) is 10.0 Å². The van der Waals surface area contributed by atoms with E-state index in [4.69, 9.17) is 0 Å². The lowest BCUT2D eigenvalue weighted by Crippen LogP contribution is -2.47. The van der Waals surface area contributed by atoms with Crippen molar-refractivity contribution >= 4 is 38.0 Å². The summed E-state index contributed by atoms with van der Waals surface area (Å²) in [6.07, 6.45) is 2.49. The van der Waals surface area contributed by atoms with Crippen molar-refractivity contribution in [3.05, 3.63) is 11.6 Å². The minimum atomic E-state index is -3.73. The Hall–Kier alpha value is -1.65. The van der Waals surface area contributed by atoms with E-state index in [1.54, 1.807) is 23.0 Å². The lowest BCUT2D eigenvalue weighted by molar-refractivity contribution is -0.122. The molecule has 1 aliphatic rings. The van der Waals surface area contributed by atoms with Gasteiger partial charge < -0.3 is 10.6 Å². The Morgan fingerprint density at radius 2 is 2.33 bits per heavy atom. The fourth-order valence-corrected chi connectivity index (χ4v) is 4.63. The van der Waals surface area contributed by atoms with Crippen LogP contribution in [0.5, 0.6) is 0 Å². The van der Waals surface area contributed by atoms with E-state index in [2.05, 4.69) is 20.3 Å². The molecular formula is C11H15N5O3S2. The number of piperidine rings is 1. The van der Waals surface area contributed by atoms with Gasteiger partial charge in [0.05, 0.1) is 0 Å². The van der Waals surface area contributed by atoms with Gasteiger partial charge in [0.1, 0.15) is 0 Å². The Bertz CT molecular complexity index is 769. The van der Waals surface area contributed by atoms with Crippen LogP contribution < -0.4 is 15.4 Å². The Kier molecular flexibility index (Phi) is 3.59. The fourth-order valence-electron chi connectivity index (χ4n) is 2.29. The van der Waals surface area contributed by atoms with Crippen LogP contribution in [-0.4, -0.2) is 43.3 Å². The van der Waals surface area contributed by atoms with E-state index >= 15 is 0 Å². The van der Waals surface area contributed by atoms with Crippen molar-refractivity contribution in [3.8, 4) is 0 Å². The van der Waals surface area contributed by atoms with Crippen LogP contribution in [0.15, 0.2) is 16.6 Å². The topological polar surface area (TPSA) is 105 Å². The van der Waals surface area contributed by atoms with E-state index in [1.807, 2.05) is 0 Å². The van der Waals surface area contributed by atoms with Crippen molar-refractivity contribution in [1.29, 1.82) is 0 Å². The minimum absolute atomic E-state index is 0.0501. The van der Waals surface area contributed by atoms with Crippen molar-refractivity contribution in [2.45, 2.75) is 23.9 Å². The molecule has 0 bridgehead atoms. The first-order chi connectivity index (χ1) is 10.0. The summed E-state index contributed by atoms with van der Waals surface area (Å²) in [5.74, 6) is 0.264. The van der Waals surface area contributed by atoms with Crippen LogP contribution in [0.2, 0.25) is 0 Å². The second-order valence-corrected chi connectivity index (χ2v) is 7.23. The van der Waals surface area contributed by atoms with Crippen molar-refractivity contribution in [2.24, 2.45) is 0 Å². The summed E-state index contributed by atoms with van der Waals surface area (Å²) in [4.78, 5) is 16.0. The molecule has 2 aromatic rings. The average Bonchev–Trinajstić information content (AvgIpc) is 3.00. The maximum atomic E-state index is 12.6. The van der Waals surface area contributed by atoms with Gasteiger partial charge >= 0.3 is 0 Å². The minimum Gasteiger partial charge on any atom is -0.371 e. The second-order valence-electron chi connectivity index (χ2n) is 4.73. The molecule has 8 nitrogen and oxygen atoms in total. The highest BCUT2D eigenvalue weighted by Gasteiger charge is 2.29. The third-order valence-electron chi connectivity index (χ3n) is 3.30. The molecule has 2 aromatic heterocycles. The summed E-state index contributed by atoms with van der Waals surface area (Å²) in [6, 6.07) is -0.304. The van der Waals surface area contributed by atoms with E-state index in [0.29, 0.717) is 30.2 Å². The monoisotopic (exact) mass is 329 g/mol. The number of carbonyl (C=O) groups is 1. The molecule has 1 unspecified atom stereocenters. The third kappa shape index (κ3) is 2.61. The summed E-state index contributed by atoms with van der Waals surface area (Å²) >= 11 is 1.36. The Balaban J connectivity index is 1.92. The summed E-state index contributed by atoms with van der Waals surface area (Å²) < 4.78 is 29.4. The predicted octanol–water partition coefficient (Wildman–Crippen LogP) is -0.00560. The van der Waals surface area contributed by atoms with Crippen LogP contribution >= 0.6 is 11.3 Å². The second kappa shape index (κ2) is 5.28. The zero-order valence-electron chi connectivity index (χ0n) is 11.3. The summed E-state index contributed by atoms with van der Waals surface area (Å²) in [5.41, 5.74) is 0. The fraction of sp³-hybridized carbons (Fsp3) is 0.455. The number of nitrogens with zero attached hydrogens (tertiary/aromatic N) is 2. The normalized spacial score (nSPS) is 19.7. The molecule has 21 heavy (non-hydrogen) atoms. The highest BCUT2D eigenvalue weighted by molar-refractivity contribution is 7.89. The molecule has 0 radical (unpaired) electrons. The van der Waals surface area contributed by atoms with Crippen LogP contribution in [0, 0.1) is 0 Å². The lowest BCUT2D eigenvalue weighted by Gasteiger charge is -2.23. The number of aromatic nitrogens is 2. The van der Waals surface area contributed by atoms with Gasteiger partial charge in [-0.15, -0.1) is 11.3 Å². The van der Waals surface area contributed by atoms with Gasteiger partial charge in [-0.1, -0.05) is 0 Å². The number of rotatable bonds is 4. The highest BCUT2D eigenvalue weighted by Crippen LogP contribution is 2.25. The number of hydrogen-bond donors (Lipinski definition) is 3. The number of thiazole rings is 1. The Morgan fingerprint density at radius 1 is 1.52 bits per heavy atom. The largest absolute Gasteiger partial charge is 0.371 e. The van der Waals surface area contributed by atoms with E-state index in [-0.39, 0.29) is 17.0 Å². The number of fused-ring (bicyclic) bond motifs is 1. The number of imidazole rings is 1. The van der Waals surface area contributed by atoms with E-state index in [1.165, 1.54) is 11.3 Å². The highest BCUT2D eigenvalue weighted by atomic mass is 32.2. The zero-order valence-corrected chi connectivity index (χ0v) is 12.9. The van der Waals surface area contributed by atoms with Gasteiger partial charge in [-0.05, 0) is 6.42 Å². The number of amides is 1. The maximum Gasteiger partial charge on any atom is 0.260 e. The van der Waals surface area contributed by atoms with Gasteiger partial charge in [-0.2, -0.15) is 0 Å². The number of hydrogen-bond acceptors (Lipinski definition) is 6. The molecule has 1 atom stereocenters. The number of anilines is 1. The summed E-state index contributed by atoms with van der Waals surface area (Å²) in [7, 11) is -2.10. The Labute approximate surface area is 125 Å². The van der Waals surface area contributed by atoms with Crippen molar-refractivity contribution in [1.82, 2.24) is 19.4 Å². The molecule has 3 heterocycles. The van der Waals surface area contributed by atoms with E-state index in [0.717, 1.165) is 0 Å². The maximum absolute atomic E-state index is 12.6. The van der Waals surface area contributed by atoms with Crippen LogP contribution in [0.1, 0.15) is 12.8 Å². The summed E-state index contributed by atoms with van der Waals surface area (Å²) in [6.45, 7) is 0.304. The molecule has 3 N–H and O–H groups in total. The van der Waals surface area contributed by atoms with Gasteiger partial charge in [-0.3, -0.25) is 9.20 Å². The first kappa shape index (κ1) is 14.3. The predicted molar refractivity (Wildman–Crippen MR) is 79.0 cm³/mol. The van der Waals surface area contributed by atoms with Crippen molar-refractivity contribution < 1.29 is 13.2 Å². The number of carbonyl (C=O) groups excluding carboxylic acids is 1. The lowest BCUT2D eigenvalue weighted by atomic mass is 10.1. The van der Waals surface area contributed by atoms with Gasteiger partial charge in [0.15, 0.2) is 15.8 Å². The van der Waals surface area contributed by atoms with Crippen LogP contribution in [-0.2, 0) is 14.8 Å². The molecule has 1 saturated heterocycles. The smallest absolute Gasteiger partial charge is 0.260 e.